The van der Waals surface area contributed by atoms with Gasteiger partial charge in [-0.2, -0.15) is 5.10 Å². The lowest BCUT2D eigenvalue weighted by Gasteiger charge is -2.59. The van der Waals surface area contributed by atoms with E-state index < -0.39 is 5.91 Å². The van der Waals surface area contributed by atoms with Crippen LogP contribution in [-0.2, 0) is 22.7 Å². The van der Waals surface area contributed by atoms with E-state index in [1.54, 1.807) is 0 Å². The Kier molecular flexibility index (Phi) is 7.23. The molecule has 0 bridgehead atoms. The number of aromatic nitrogens is 3. The first-order valence-electron chi connectivity index (χ1n) is 15.5. The normalized spacial score (nSPS) is 19.5. The van der Waals surface area contributed by atoms with Crippen LogP contribution in [0.3, 0.4) is 0 Å². The molecule has 4 aliphatic rings. The maximum absolute atomic E-state index is 12.5. The molecule has 12 heteroatoms. The van der Waals surface area contributed by atoms with Crippen molar-refractivity contribution in [3.05, 3.63) is 83.5 Å². The first kappa shape index (κ1) is 28.9. The summed E-state index contributed by atoms with van der Waals surface area (Å²) in [5.41, 5.74) is 19.3. The minimum atomic E-state index is -0.457. The first-order valence-corrected chi connectivity index (χ1v) is 15.5. The molecule has 2 aliphatic heterocycles. The highest BCUT2D eigenvalue weighted by atomic mass is 16.2. The summed E-state index contributed by atoms with van der Waals surface area (Å²) in [7, 11) is 3.57. The number of rotatable bonds is 9. The van der Waals surface area contributed by atoms with E-state index in [4.69, 9.17) is 16.6 Å². The first-order chi connectivity index (χ1) is 21.7. The highest BCUT2D eigenvalue weighted by molar-refractivity contribution is 5.96. The van der Waals surface area contributed by atoms with Crippen molar-refractivity contribution in [3.8, 4) is 11.1 Å². The molecule has 234 valence electrons. The van der Waals surface area contributed by atoms with Gasteiger partial charge in [-0.25, -0.2) is 0 Å². The molecule has 4 heterocycles. The quantitative estimate of drug-likeness (QED) is 0.182. The SMILES string of the molecule is CNC(=O)/C(N)=C(/C=C(\N)NC(=O)C1CC1)Nc1cccc2c1N(C)Cc1c-2cnn1C1CC2(C1)CN(Cc1ccccn1)C2. The van der Waals surface area contributed by atoms with Crippen LogP contribution in [0.15, 0.2) is 72.1 Å². The Morgan fingerprint density at radius 3 is 2.60 bits per heavy atom. The number of nitrogens with two attached hydrogens (primary N) is 2. The van der Waals surface area contributed by atoms with Crippen molar-refractivity contribution in [2.45, 2.75) is 44.8 Å². The maximum atomic E-state index is 12.5. The number of benzene rings is 1. The molecule has 1 spiro atoms. The number of anilines is 2. The van der Waals surface area contributed by atoms with Gasteiger partial charge >= 0.3 is 0 Å². The van der Waals surface area contributed by atoms with Gasteiger partial charge in [0.05, 0.1) is 47.2 Å². The molecule has 7 N–H and O–H groups in total. The average Bonchev–Trinajstić information content (AvgIpc) is 3.77. The molecule has 3 fully saturated rings. The van der Waals surface area contributed by atoms with Gasteiger partial charge in [-0.15, -0.1) is 0 Å². The predicted octanol–water partition coefficient (Wildman–Crippen LogP) is 2.39. The molecule has 1 aromatic carbocycles. The second kappa shape index (κ2) is 11.3. The summed E-state index contributed by atoms with van der Waals surface area (Å²) in [5, 5.41) is 13.5. The van der Waals surface area contributed by atoms with E-state index in [0.29, 0.717) is 23.7 Å². The number of fused-ring (bicyclic) bond motifs is 3. The number of hydrogen-bond donors (Lipinski definition) is 5. The van der Waals surface area contributed by atoms with E-state index in [9.17, 15) is 9.59 Å². The summed E-state index contributed by atoms with van der Waals surface area (Å²) in [6.45, 7) is 3.82. The largest absolute Gasteiger partial charge is 0.393 e. The number of amides is 2. The molecule has 45 heavy (non-hydrogen) atoms. The Balaban J connectivity index is 1.09. The highest BCUT2D eigenvalue weighted by Crippen LogP contribution is 2.55. The van der Waals surface area contributed by atoms with Gasteiger partial charge in [-0.05, 0) is 49.3 Å². The van der Waals surface area contributed by atoms with Crippen LogP contribution in [0.5, 0.6) is 0 Å². The summed E-state index contributed by atoms with van der Waals surface area (Å²) in [5.74, 6) is -0.474. The smallest absolute Gasteiger partial charge is 0.269 e. The Hall–Kier alpha value is -4.84. The summed E-state index contributed by atoms with van der Waals surface area (Å²) >= 11 is 0. The van der Waals surface area contributed by atoms with Gasteiger partial charge in [-0.3, -0.25) is 24.2 Å². The second-order valence-electron chi connectivity index (χ2n) is 12.9. The van der Waals surface area contributed by atoms with Crippen LogP contribution >= 0.6 is 0 Å². The monoisotopic (exact) mass is 608 g/mol. The minimum absolute atomic E-state index is 0.00963. The van der Waals surface area contributed by atoms with Crippen molar-refractivity contribution in [1.29, 1.82) is 0 Å². The molecule has 2 aliphatic carbocycles. The van der Waals surface area contributed by atoms with Crippen LogP contribution in [0.2, 0.25) is 0 Å². The van der Waals surface area contributed by atoms with Crippen LogP contribution in [0.1, 0.15) is 43.1 Å². The predicted molar refractivity (Wildman–Crippen MR) is 172 cm³/mol. The van der Waals surface area contributed by atoms with Crippen molar-refractivity contribution in [2.24, 2.45) is 22.8 Å². The van der Waals surface area contributed by atoms with Crippen molar-refractivity contribution < 1.29 is 9.59 Å². The molecule has 7 rings (SSSR count). The topological polar surface area (TPSA) is 159 Å². The van der Waals surface area contributed by atoms with Gasteiger partial charge in [0.25, 0.3) is 5.91 Å². The zero-order valence-corrected chi connectivity index (χ0v) is 25.7. The molecule has 2 amide bonds. The standard InChI is InChI=1S/C33H40N10O2/c1-36-32(45)29(35)26(12-28(34)40-31(44)20-9-10-20)39-25-8-5-7-23-24-15-38-43(27(24)17-41(2)30(23)25)22-13-33(14-22)18-42(19-33)16-21-6-3-4-11-37-21/h3-8,11-12,15,20,22,39H,9-10,13-14,16-19,34-35H2,1-2H3,(H,36,45)(H,40,44)/b28-12+,29-26+. The third-order valence-corrected chi connectivity index (χ3v) is 9.45. The molecule has 2 saturated carbocycles. The van der Waals surface area contributed by atoms with Gasteiger partial charge in [0, 0.05) is 63.0 Å². The van der Waals surface area contributed by atoms with Crippen molar-refractivity contribution >= 4 is 23.2 Å². The molecular formula is C33H40N10O2. The average molecular weight is 609 g/mol. The van der Waals surface area contributed by atoms with Gasteiger partial charge in [-0.1, -0.05) is 18.2 Å². The zero-order chi connectivity index (χ0) is 31.3. The Morgan fingerprint density at radius 2 is 1.89 bits per heavy atom. The fraction of sp³-hybridized carbons (Fsp3) is 0.394. The van der Waals surface area contributed by atoms with Crippen LogP contribution in [0.4, 0.5) is 11.4 Å². The third kappa shape index (κ3) is 5.50. The number of para-hydroxylation sites is 1. The van der Waals surface area contributed by atoms with E-state index in [1.807, 2.05) is 36.7 Å². The van der Waals surface area contributed by atoms with Crippen LogP contribution < -0.4 is 32.3 Å². The molecule has 0 radical (unpaired) electrons. The van der Waals surface area contributed by atoms with E-state index in [0.717, 1.165) is 73.5 Å². The number of pyridine rings is 1. The number of carbonyl (C=O) groups excluding carboxylic acids is 2. The van der Waals surface area contributed by atoms with Gasteiger partial charge in [0.1, 0.15) is 11.5 Å². The van der Waals surface area contributed by atoms with E-state index in [2.05, 4.69) is 54.6 Å². The number of carbonyl (C=O) groups is 2. The van der Waals surface area contributed by atoms with Gasteiger partial charge in [0.15, 0.2) is 0 Å². The highest BCUT2D eigenvalue weighted by Gasteiger charge is 2.53. The zero-order valence-electron chi connectivity index (χ0n) is 25.7. The van der Waals surface area contributed by atoms with Crippen molar-refractivity contribution in [2.75, 3.05) is 37.4 Å². The van der Waals surface area contributed by atoms with Crippen LogP contribution in [0, 0.1) is 11.3 Å². The lowest BCUT2D eigenvalue weighted by molar-refractivity contribution is -0.121. The summed E-state index contributed by atoms with van der Waals surface area (Å²) in [6.07, 6.45) is 9.32. The van der Waals surface area contributed by atoms with Gasteiger partial charge < -0.3 is 32.3 Å². The fourth-order valence-corrected chi connectivity index (χ4v) is 7.13. The third-order valence-electron chi connectivity index (χ3n) is 9.45. The number of hydrogen-bond acceptors (Lipinski definition) is 9. The second-order valence-corrected chi connectivity index (χ2v) is 12.9. The molecule has 0 atom stereocenters. The molecule has 3 aromatic rings. The molecule has 1 saturated heterocycles. The minimum Gasteiger partial charge on any atom is -0.393 e. The summed E-state index contributed by atoms with van der Waals surface area (Å²) in [6, 6.07) is 12.5. The lowest BCUT2D eigenvalue weighted by atomic mass is 9.60. The number of nitrogens with one attached hydrogen (secondary N) is 3. The van der Waals surface area contributed by atoms with E-state index in [-0.39, 0.29) is 23.3 Å². The fourth-order valence-electron chi connectivity index (χ4n) is 7.13. The number of nitrogens with zero attached hydrogens (tertiary/aromatic N) is 5. The van der Waals surface area contributed by atoms with E-state index in [1.165, 1.54) is 18.8 Å². The van der Waals surface area contributed by atoms with Crippen LogP contribution in [-0.4, -0.2) is 58.7 Å². The van der Waals surface area contributed by atoms with E-state index >= 15 is 0 Å². The number of allylic oxidation sites excluding steroid dienone is 1. The summed E-state index contributed by atoms with van der Waals surface area (Å²) < 4.78 is 2.24. The van der Waals surface area contributed by atoms with Crippen LogP contribution in [0.25, 0.3) is 11.1 Å². The Morgan fingerprint density at radius 1 is 1.09 bits per heavy atom. The molecular weight excluding hydrogens is 568 g/mol. The Labute approximate surface area is 262 Å². The summed E-state index contributed by atoms with van der Waals surface area (Å²) in [4.78, 5) is 34.0. The van der Waals surface area contributed by atoms with Gasteiger partial charge in [0.2, 0.25) is 5.91 Å². The number of likely N-dealkylation sites (tertiary alicyclic amines) is 1. The van der Waals surface area contributed by atoms with Crippen molar-refractivity contribution in [3.63, 3.8) is 0 Å². The lowest BCUT2D eigenvalue weighted by Crippen LogP contribution is -2.62. The Bertz CT molecular complexity index is 1690. The number of likely N-dealkylation sites (N-methyl/N-ethyl adjacent to an activating group) is 1. The molecule has 0 unspecified atom stereocenters. The van der Waals surface area contributed by atoms with Crippen molar-refractivity contribution in [1.82, 2.24) is 30.3 Å². The molecule has 2 aromatic heterocycles. The maximum Gasteiger partial charge on any atom is 0.269 e. The molecule has 12 nitrogen and oxygen atoms in total.